The molecule has 1 unspecified atom stereocenters. The van der Waals surface area contributed by atoms with Crippen LogP contribution in [0.4, 0.5) is 0 Å². The van der Waals surface area contributed by atoms with E-state index in [1.165, 1.54) is 0 Å². The van der Waals surface area contributed by atoms with E-state index in [0.717, 1.165) is 8.72 Å². The molecule has 2 nitrogen and oxygen atoms in total. The van der Waals surface area contributed by atoms with Crippen molar-refractivity contribution >= 4 is 34.2 Å². The molecule has 12 heavy (non-hydrogen) atoms. The molecule has 0 aromatic carbocycles. The van der Waals surface area contributed by atoms with Crippen LogP contribution in [0.2, 0.25) is 5.02 Å². The van der Waals surface area contributed by atoms with Crippen molar-refractivity contribution in [3.05, 3.63) is 14.9 Å². The topological polar surface area (TPSA) is 17.8 Å². The van der Waals surface area contributed by atoms with Crippen molar-refractivity contribution in [3.63, 3.8) is 0 Å². The van der Waals surface area contributed by atoms with Gasteiger partial charge in [-0.15, -0.1) is 0 Å². The van der Waals surface area contributed by atoms with Gasteiger partial charge in [0.15, 0.2) is 0 Å². The minimum atomic E-state index is 0.408. The summed E-state index contributed by atoms with van der Waals surface area (Å²) in [6.07, 6.45) is 1.88. The Morgan fingerprint density at radius 3 is 2.42 bits per heavy atom. The van der Waals surface area contributed by atoms with E-state index in [4.69, 9.17) is 11.6 Å². The first-order valence-corrected chi connectivity index (χ1v) is 5.38. The van der Waals surface area contributed by atoms with Crippen LogP contribution in [-0.4, -0.2) is 9.78 Å². The number of aromatic nitrogens is 2. The Kier molecular flexibility index (Phi) is 3.40. The summed E-state index contributed by atoms with van der Waals surface area (Å²) in [6.45, 7) is 6.49. The summed E-state index contributed by atoms with van der Waals surface area (Å²) in [5.41, 5.74) is 0. The van der Waals surface area contributed by atoms with Crippen LogP contribution < -0.4 is 0 Å². The van der Waals surface area contributed by atoms with E-state index >= 15 is 0 Å². The van der Waals surface area contributed by atoms with Crippen LogP contribution in [0.1, 0.15) is 26.8 Å². The van der Waals surface area contributed by atoms with Gasteiger partial charge in [0, 0.05) is 6.20 Å². The summed E-state index contributed by atoms with van der Waals surface area (Å²) in [5.74, 6) is 0.580. The maximum absolute atomic E-state index is 5.89. The van der Waals surface area contributed by atoms with Crippen molar-refractivity contribution in [3.8, 4) is 0 Å². The minimum absolute atomic E-state index is 0.408. The molecule has 0 N–H and O–H groups in total. The molecule has 0 aliphatic heterocycles. The molecule has 0 spiro atoms. The number of hydrogen-bond acceptors (Lipinski definition) is 1. The molecule has 1 aromatic heterocycles. The molecule has 4 heteroatoms. The normalized spacial score (nSPS) is 13.8. The van der Waals surface area contributed by atoms with Gasteiger partial charge < -0.3 is 0 Å². The molecular weight excluding hydrogens is 286 g/mol. The molecular formula is C8H12ClIN2. The lowest BCUT2D eigenvalue weighted by atomic mass is 10.1. The fourth-order valence-corrected chi connectivity index (χ4v) is 1.39. The third-order valence-corrected chi connectivity index (χ3v) is 3.42. The van der Waals surface area contributed by atoms with Crippen molar-refractivity contribution in [1.82, 2.24) is 9.78 Å². The number of halogens is 2. The summed E-state index contributed by atoms with van der Waals surface area (Å²) in [6, 6.07) is 0.408. The maximum atomic E-state index is 5.89. The Hall–Kier alpha value is 0.230. The Morgan fingerprint density at radius 2 is 2.08 bits per heavy atom. The molecule has 1 heterocycles. The van der Waals surface area contributed by atoms with Crippen molar-refractivity contribution in [2.24, 2.45) is 5.92 Å². The highest BCUT2D eigenvalue weighted by molar-refractivity contribution is 14.1. The molecule has 68 valence electrons. The molecule has 1 atom stereocenters. The summed E-state index contributed by atoms with van der Waals surface area (Å²) in [5, 5.41) is 5.04. The number of nitrogens with zero attached hydrogens (tertiary/aromatic N) is 2. The van der Waals surface area contributed by atoms with E-state index in [9.17, 15) is 0 Å². The van der Waals surface area contributed by atoms with Gasteiger partial charge in [0.2, 0.25) is 0 Å². The van der Waals surface area contributed by atoms with Crippen LogP contribution in [0.25, 0.3) is 0 Å². The van der Waals surface area contributed by atoms with Crippen molar-refractivity contribution in [2.45, 2.75) is 26.8 Å². The zero-order valence-corrected chi connectivity index (χ0v) is 10.3. The van der Waals surface area contributed by atoms with E-state index in [-0.39, 0.29) is 0 Å². The van der Waals surface area contributed by atoms with Gasteiger partial charge in [-0.25, -0.2) is 0 Å². The summed E-state index contributed by atoms with van der Waals surface area (Å²) in [4.78, 5) is 0. The molecule has 0 amide bonds. The average Bonchev–Trinajstić information content (AvgIpc) is 2.30. The van der Waals surface area contributed by atoms with Crippen molar-refractivity contribution in [1.29, 1.82) is 0 Å². The second kappa shape index (κ2) is 3.96. The number of hydrogen-bond donors (Lipinski definition) is 0. The molecule has 1 rings (SSSR count). The molecule has 0 saturated carbocycles. The second-order valence-corrected chi connectivity index (χ2v) is 4.66. The van der Waals surface area contributed by atoms with Crippen LogP contribution in [0.3, 0.4) is 0 Å². The first-order chi connectivity index (χ1) is 5.52. The first-order valence-electron chi connectivity index (χ1n) is 3.92. The lowest BCUT2D eigenvalue weighted by Gasteiger charge is -2.15. The zero-order valence-electron chi connectivity index (χ0n) is 7.38. The van der Waals surface area contributed by atoms with Gasteiger partial charge in [0.05, 0.1) is 11.1 Å². The van der Waals surface area contributed by atoms with Gasteiger partial charge in [0.25, 0.3) is 0 Å². The van der Waals surface area contributed by atoms with Crippen LogP contribution in [0, 0.1) is 9.62 Å². The van der Waals surface area contributed by atoms with Gasteiger partial charge >= 0.3 is 0 Å². The van der Waals surface area contributed by atoms with E-state index in [2.05, 4.69) is 48.5 Å². The van der Waals surface area contributed by atoms with Crippen molar-refractivity contribution in [2.75, 3.05) is 0 Å². The van der Waals surface area contributed by atoms with E-state index in [1.807, 2.05) is 10.9 Å². The summed E-state index contributed by atoms with van der Waals surface area (Å²) < 4.78 is 2.80. The van der Waals surface area contributed by atoms with Crippen LogP contribution >= 0.6 is 34.2 Å². The van der Waals surface area contributed by atoms with E-state index < -0.39 is 0 Å². The average molecular weight is 299 g/mol. The SMILES string of the molecule is CC(C)C(C)n1cc(Cl)c(I)n1. The molecule has 0 aliphatic rings. The Morgan fingerprint density at radius 1 is 1.50 bits per heavy atom. The molecule has 0 aliphatic carbocycles. The smallest absolute Gasteiger partial charge is 0.141 e. The maximum Gasteiger partial charge on any atom is 0.141 e. The first kappa shape index (κ1) is 10.3. The van der Waals surface area contributed by atoms with Gasteiger partial charge in [-0.05, 0) is 35.4 Å². The molecule has 0 saturated heterocycles. The van der Waals surface area contributed by atoms with Gasteiger partial charge in [-0.3, -0.25) is 4.68 Å². The van der Waals surface area contributed by atoms with Gasteiger partial charge in [-0.2, -0.15) is 5.10 Å². The minimum Gasteiger partial charge on any atom is -0.267 e. The second-order valence-electron chi connectivity index (χ2n) is 3.23. The lowest BCUT2D eigenvalue weighted by Crippen LogP contribution is -2.11. The van der Waals surface area contributed by atoms with Gasteiger partial charge in [0.1, 0.15) is 3.70 Å². The quantitative estimate of drug-likeness (QED) is 0.766. The van der Waals surface area contributed by atoms with Crippen LogP contribution in [-0.2, 0) is 0 Å². The van der Waals surface area contributed by atoms with Gasteiger partial charge in [-0.1, -0.05) is 25.4 Å². The van der Waals surface area contributed by atoms with E-state index in [0.29, 0.717) is 12.0 Å². The number of rotatable bonds is 2. The standard InChI is InChI=1S/C8H12ClIN2/c1-5(2)6(3)12-4-7(9)8(10)11-12/h4-6H,1-3H3. The molecule has 0 fully saturated rings. The predicted molar refractivity (Wildman–Crippen MR) is 59.5 cm³/mol. The highest BCUT2D eigenvalue weighted by Crippen LogP contribution is 2.21. The summed E-state index contributed by atoms with van der Waals surface area (Å²) >= 11 is 8.03. The predicted octanol–water partition coefficient (Wildman–Crippen LogP) is 3.36. The largest absolute Gasteiger partial charge is 0.267 e. The monoisotopic (exact) mass is 298 g/mol. The molecule has 0 radical (unpaired) electrons. The highest BCUT2D eigenvalue weighted by Gasteiger charge is 2.12. The third-order valence-electron chi connectivity index (χ3n) is 2.03. The Bertz CT molecular complexity index is 251. The Labute approximate surface area is 91.4 Å². The van der Waals surface area contributed by atoms with E-state index in [1.54, 1.807) is 0 Å². The zero-order chi connectivity index (χ0) is 9.30. The Balaban J connectivity index is 2.89. The highest BCUT2D eigenvalue weighted by atomic mass is 127. The third kappa shape index (κ3) is 2.13. The fourth-order valence-electron chi connectivity index (χ4n) is 0.862. The molecule has 1 aromatic rings. The lowest BCUT2D eigenvalue weighted by molar-refractivity contribution is 0.374. The van der Waals surface area contributed by atoms with Crippen molar-refractivity contribution < 1.29 is 0 Å². The van der Waals surface area contributed by atoms with Crippen LogP contribution in [0.15, 0.2) is 6.20 Å². The fraction of sp³-hybridized carbons (Fsp3) is 0.625. The molecule has 0 bridgehead atoms. The van der Waals surface area contributed by atoms with Crippen LogP contribution in [0.5, 0.6) is 0 Å². The summed E-state index contributed by atoms with van der Waals surface area (Å²) in [7, 11) is 0.